The molecule has 1 fully saturated rings. The van der Waals surface area contributed by atoms with E-state index in [4.69, 9.17) is 11.2 Å². The van der Waals surface area contributed by atoms with E-state index in [0.717, 1.165) is 0 Å². The number of ether oxygens (including phenoxy) is 1. The van der Waals surface area contributed by atoms with Crippen LogP contribution in [0.4, 0.5) is 4.79 Å². The number of hydrogen-bond acceptors (Lipinski definition) is 2. The highest BCUT2D eigenvalue weighted by Crippen LogP contribution is 2.07. The molecule has 3 nitrogen and oxygen atoms in total. The van der Waals surface area contributed by atoms with E-state index in [1.165, 1.54) is 4.90 Å². The first-order chi connectivity index (χ1) is 4.74. The molecule has 1 rings (SSSR count). The molecule has 1 aliphatic rings. The molecule has 1 aliphatic heterocycles. The second kappa shape index (κ2) is 2.61. The van der Waals surface area contributed by atoms with Crippen LogP contribution in [0.1, 0.15) is 0 Å². The topological polar surface area (TPSA) is 29.5 Å². The number of carbonyl (C=O) groups is 1. The summed E-state index contributed by atoms with van der Waals surface area (Å²) in [5.41, 5.74) is 0. The van der Waals surface area contributed by atoms with Crippen LogP contribution in [0.25, 0.3) is 0 Å². The van der Waals surface area contributed by atoms with E-state index >= 15 is 0 Å². The first kappa shape index (κ1) is 6.94. The zero-order chi connectivity index (χ0) is 7.56. The van der Waals surface area contributed by atoms with Gasteiger partial charge in [0.05, 0.1) is 5.92 Å². The van der Waals surface area contributed by atoms with E-state index in [1.807, 2.05) is 0 Å². The molecular weight excluding hydrogens is 130 g/mol. The average molecular weight is 139 g/mol. The van der Waals surface area contributed by atoms with Crippen LogP contribution >= 0.6 is 0 Å². The van der Waals surface area contributed by atoms with Crippen LogP contribution in [-0.2, 0) is 4.74 Å². The van der Waals surface area contributed by atoms with Gasteiger partial charge in [-0.1, -0.05) is 5.92 Å². The normalized spacial score (nSPS) is 25.4. The fraction of sp³-hybridized carbons (Fsp3) is 0.571. The van der Waals surface area contributed by atoms with Gasteiger partial charge in [-0.05, 0) is 0 Å². The van der Waals surface area contributed by atoms with E-state index in [0.29, 0.717) is 13.2 Å². The summed E-state index contributed by atoms with van der Waals surface area (Å²) < 4.78 is 4.74. The van der Waals surface area contributed by atoms with Gasteiger partial charge in [-0.15, -0.1) is 6.42 Å². The molecule has 1 saturated heterocycles. The number of hydrogen-bond donors (Lipinski definition) is 0. The molecule has 0 spiro atoms. The zero-order valence-electron chi connectivity index (χ0n) is 5.83. The highest BCUT2D eigenvalue weighted by Gasteiger charge is 2.21. The van der Waals surface area contributed by atoms with Crippen molar-refractivity contribution in [3.8, 4) is 12.3 Å². The van der Waals surface area contributed by atoms with Gasteiger partial charge in [0.2, 0.25) is 0 Å². The Balaban J connectivity index is 2.50. The van der Waals surface area contributed by atoms with Gasteiger partial charge in [0.15, 0.2) is 0 Å². The largest absolute Gasteiger partial charge is 0.448 e. The van der Waals surface area contributed by atoms with Gasteiger partial charge in [-0.2, -0.15) is 0 Å². The van der Waals surface area contributed by atoms with Gasteiger partial charge in [-0.25, -0.2) is 4.79 Å². The quantitative estimate of drug-likeness (QED) is 0.452. The van der Waals surface area contributed by atoms with E-state index in [1.54, 1.807) is 7.05 Å². The van der Waals surface area contributed by atoms with Crippen LogP contribution in [-0.4, -0.2) is 31.2 Å². The molecule has 0 N–H and O–H groups in total. The molecule has 3 heteroatoms. The van der Waals surface area contributed by atoms with Gasteiger partial charge in [0.1, 0.15) is 6.61 Å². The molecular formula is C7H9NO2. The monoisotopic (exact) mass is 139 g/mol. The Bertz CT molecular complexity index is 183. The Labute approximate surface area is 60.0 Å². The summed E-state index contributed by atoms with van der Waals surface area (Å²) in [5, 5.41) is 0. The van der Waals surface area contributed by atoms with Crippen LogP contribution in [0.2, 0.25) is 0 Å². The number of cyclic esters (lactones) is 1. The van der Waals surface area contributed by atoms with Crippen molar-refractivity contribution in [2.45, 2.75) is 0 Å². The van der Waals surface area contributed by atoms with Crippen molar-refractivity contribution in [2.75, 3.05) is 20.2 Å². The number of amides is 1. The molecule has 1 heterocycles. The molecule has 0 radical (unpaired) electrons. The van der Waals surface area contributed by atoms with Gasteiger partial charge in [-0.3, -0.25) is 0 Å². The summed E-state index contributed by atoms with van der Waals surface area (Å²) in [5.74, 6) is 2.59. The third kappa shape index (κ3) is 1.21. The fourth-order valence-corrected chi connectivity index (χ4v) is 0.841. The lowest BCUT2D eigenvalue weighted by Crippen LogP contribution is -2.39. The maximum atomic E-state index is 10.7. The van der Waals surface area contributed by atoms with E-state index in [-0.39, 0.29) is 12.0 Å². The summed E-state index contributed by atoms with van der Waals surface area (Å²) in [6.45, 7) is 0.967. The van der Waals surface area contributed by atoms with Crippen LogP contribution in [0.5, 0.6) is 0 Å². The highest BCUT2D eigenvalue weighted by molar-refractivity contribution is 5.68. The molecule has 0 aromatic rings. The lowest BCUT2D eigenvalue weighted by atomic mass is 10.1. The molecule has 0 aromatic heterocycles. The SMILES string of the molecule is C#CC1COC(=O)N(C)C1. The van der Waals surface area contributed by atoms with E-state index < -0.39 is 0 Å². The molecule has 10 heavy (non-hydrogen) atoms. The Kier molecular flexibility index (Phi) is 1.81. The van der Waals surface area contributed by atoms with Crippen molar-refractivity contribution in [3.63, 3.8) is 0 Å². The van der Waals surface area contributed by atoms with Crippen molar-refractivity contribution in [2.24, 2.45) is 5.92 Å². The molecule has 54 valence electrons. The van der Waals surface area contributed by atoms with Gasteiger partial charge in [0.25, 0.3) is 0 Å². The van der Waals surface area contributed by atoms with Crippen molar-refractivity contribution < 1.29 is 9.53 Å². The Morgan fingerprint density at radius 1 is 1.90 bits per heavy atom. The van der Waals surface area contributed by atoms with Gasteiger partial charge >= 0.3 is 6.09 Å². The minimum atomic E-state index is -0.286. The maximum Gasteiger partial charge on any atom is 0.409 e. The predicted octanol–water partition coefficient (Wildman–Crippen LogP) is 0.318. The molecule has 1 unspecified atom stereocenters. The number of carbonyl (C=O) groups excluding carboxylic acids is 1. The second-order valence-corrected chi connectivity index (χ2v) is 2.32. The lowest BCUT2D eigenvalue weighted by Gasteiger charge is -2.26. The Morgan fingerprint density at radius 3 is 3.10 bits per heavy atom. The predicted molar refractivity (Wildman–Crippen MR) is 36.3 cm³/mol. The zero-order valence-corrected chi connectivity index (χ0v) is 5.83. The van der Waals surface area contributed by atoms with Crippen molar-refractivity contribution in [3.05, 3.63) is 0 Å². The Morgan fingerprint density at radius 2 is 2.60 bits per heavy atom. The molecule has 0 bridgehead atoms. The number of nitrogens with zero attached hydrogens (tertiary/aromatic N) is 1. The highest BCUT2D eigenvalue weighted by atomic mass is 16.6. The van der Waals surface area contributed by atoms with Crippen molar-refractivity contribution >= 4 is 6.09 Å². The van der Waals surface area contributed by atoms with E-state index in [9.17, 15) is 4.79 Å². The molecule has 1 atom stereocenters. The first-order valence-corrected chi connectivity index (χ1v) is 3.08. The van der Waals surface area contributed by atoms with Crippen LogP contribution in [0.15, 0.2) is 0 Å². The third-order valence-corrected chi connectivity index (χ3v) is 1.45. The summed E-state index contributed by atoms with van der Waals surface area (Å²) in [4.78, 5) is 12.2. The number of rotatable bonds is 0. The molecule has 0 aliphatic carbocycles. The second-order valence-electron chi connectivity index (χ2n) is 2.32. The molecule has 0 aromatic carbocycles. The molecule has 0 saturated carbocycles. The minimum absolute atomic E-state index is 0.0581. The van der Waals surface area contributed by atoms with Crippen LogP contribution < -0.4 is 0 Å². The van der Waals surface area contributed by atoms with E-state index in [2.05, 4.69) is 5.92 Å². The van der Waals surface area contributed by atoms with Crippen LogP contribution in [0.3, 0.4) is 0 Å². The standard InChI is InChI=1S/C7H9NO2/c1-3-6-4-8(2)7(9)10-5-6/h1,6H,4-5H2,2H3. The van der Waals surface area contributed by atoms with Crippen molar-refractivity contribution in [1.82, 2.24) is 4.90 Å². The summed E-state index contributed by atoms with van der Waals surface area (Å²) in [6.07, 6.45) is 4.86. The average Bonchev–Trinajstić information content (AvgIpc) is 1.95. The summed E-state index contributed by atoms with van der Waals surface area (Å²) in [6, 6.07) is 0. The van der Waals surface area contributed by atoms with Crippen molar-refractivity contribution in [1.29, 1.82) is 0 Å². The third-order valence-electron chi connectivity index (χ3n) is 1.45. The maximum absolute atomic E-state index is 10.7. The van der Waals surface area contributed by atoms with Gasteiger partial charge in [0, 0.05) is 13.6 Å². The summed E-state index contributed by atoms with van der Waals surface area (Å²) in [7, 11) is 1.67. The summed E-state index contributed by atoms with van der Waals surface area (Å²) >= 11 is 0. The minimum Gasteiger partial charge on any atom is -0.448 e. The number of terminal acetylenes is 1. The lowest BCUT2D eigenvalue weighted by molar-refractivity contribution is 0.0672. The molecule has 1 amide bonds. The first-order valence-electron chi connectivity index (χ1n) is 3.08. The fourth-order valence-electron chi connectivity index (χ4n) is 0.841. The Hall–Kier alpha value is -1.17. The smallest absolute Gasteiger partial charge is 0.409 e. The van der Waals surface area contributed by atoms with Gasteiger partial charge < -0.3 is 9.64 Å². The van der Waals surface area contributed by atoms with Crippen LogP contribution in [0, 0.1) is 18.3 Å².